The van der Waals surface area contributed by atoms with Gasteiger partial charge in [-0.15, -0.1) is 0 Å². The minimum atomic E-state index is 0.749. The van der Waals surface area contributed by atoms with Crippen molar-refractivity contribution in [1.82, 2.24) is 5.32 Å². The van der Waals surface area contributed by atoms with E-state index in [1.54, 1.807) is 0 Å². The maximum atomic E-state index is 3.73. The van der Waals surface area contributed by atoms with Gasteiger partial charge in [0.1, 0.15) is 0 Å². The zero-order valence-corrected chi connectivity index (χ0v) is 12.2. The van der Waals surface area contributed by atoms with Gasteiger partial charge in [-0.05, 0) is 37.6 Å². The summed E-state index contributed by atoms with van der Waals surface area (Å²) in [7, 11) is 0. The summed E-state index contributed by atoms with van der Waals surface area (Å²) in [5.74, 6) is 1.69. The van der Waals surface area contributed by atoms with Crippen LogP contribution in [-0.4, -0.2) is 12.6 Å². The first-order chi connectivity index (χ1) is 7.61. The molecule has 1 N–H and O–H groups in total. The van der Waals surface area contributed by atoms with Crippen molar-refractivity contribution in [3.05, 3.63) is 0 Å². The second kappa shape index (κ2) is 10.1. The summed E-state index contributed by atoms with van der Waals surface area (Å²) in [6.07, 6.45) is 8.05. The summed E-state index contributed by atoms with van der Waals surface area (Å²) in [6.45, 7) is 12.8. The van der Waals surface area contributed by atoms with Gasteiger partial charge in [-0.2, -0.15) is 0 Å². The van der Waals surface area contributed by atoms with Crippen molar-refractivity contribution in [3.63, 3.8) is 0 Å². The minimum absolute atomic E-state index is 0.749. The topological polar surface area (TPSA) is 12.0 Å². The van der Waals surface area contributed by atoms with Crippen LogP contribution in [-0.2, 0) is 0 Å². The van der Waals surface area contributed by atoms with Gasteiger partial charge in [0.25, 0.3) is 0 Å². The van der Waals surface area contributed by atoms with Crippen LogP contribution < -0.4 is 5.32 Å². The largest absolute Gasteiger partial charge is 0.314 e. The fraction of sp³-hybridized carbons (Fsp3) is 1.00. The Morgan fingerprint density at radius 1 is 0.875 bits per heavy atom. The van der Waals surface area contributed by atoms with Crippen molar-refractivity contribution in [2.24, 2.45) is 11.8 Å². The van der Waals surface area contributed by atoms with Crippen LogP contribution in [0.3, 0.4) is 0 Å². The van der Waals surface area contributed by atoms with Crippen LogP contribution in [0.15, 0.2) is 0 Å². The molecule has 0 bridgehead atoms. The average molecular weight is 227 g/mol. The van der Waals surface area contributed by atoms with Gasteiger partial charge in [0.15, 0.2) is 0 Å². The molecule has 1 heteroatoms. The molecule has 0 aromatic heterocycles. The van der Waals surface area contributed by atoms with Crippen LogP contribution in [0, 0.1) is 11.8 Å². The van der Waals surface area contributed by atoms with Gasteiger partial charge >= 0.3 is 0 Å². The molecule has 16 heavy (non-hydrogen) atoms. The lowest BCUT2D eigenvalue weighted by atomic mass is 9.91. The second-order valence-electron chi connectivity index (χ2n) is 5.65. The molecule has 0 heterocycles. The summed E-state index contributed by atoms with van der Waals surface area (Å²) >= 11 is 0. The zero-order chi connectivity index (χ0) is 12.4. The Bertz CT molecular complexity index is 142. The summed E-state index contributed by atoms with van der Waals surface area (Å²) in [4.78, 5) is 0. The van der Waals surface area contributed by atoms with Crippen LogP contribution >= 0.6 is 0 Å². The molecule has 0 aliphatic heterocycles. The van der Waals surface area contributed by atoms with Crippen LogP contribution in [0.25, 0.3) is 0 Å². The molecule has 0 saturated carbocycles. The maximum absolute atomic E-state index is 3.73. The Labute approximate surface area is 103 Å². The van der Waals surface area contributed by atoms with E-state index in [2.05, 4.69) is 39.9 Å². The first kappa shape index (κ1) is 16.0. The molecule has 0 rings (SSSR count). The summed E-state index contributed by atoms with van der Waals surface area (Å²) in [5, 5.41) is 3.73. The monoisotopic (exact) mass is 227 g/mol. The number of nitrogens with one attached hydrogen (secondary N) is 1. The first-order valence-electron chi connectivity index (χ1n) is 7.35. The summed E-state index contributed by atoms with van der Waals surface area (Å²) in [6, 6.07) is 0.749. The quantitative estimate of drug-likeness (QED) is 0.574. The molecule has 0 aliphatic rings. The molecule has 0 aromatic carbocycles. The normalized spacial score (nSPS) is 15.4. The highest BCUT2D eigenvalue weighted by molar-refractivity contribution is 4.73. The highest BCUT2D eigenvalue weighted by Gasteiger charge is 2.15. The number of hydrogen-bond acceptors (Lipinski definition) is 1. The molecule has 0 aliphatic carbocycles. The molecule has 0 amide bonds. The second-order valence-corrected chi connectivity index (χ2v) is 5.65. The molecule has 0 spiro atoms. The molecule has 1 nitrogen and oxygen atoms in total. The predicted molar refractivity (Wildman–Crippen MR) is 74.8 cm³/mol. The zero-order valence-electron chi connectivity index (χ0n) is 12.2. The number of hydrogen-bond donors (Lipinski definition) is 1. The number of rotatable bonds is 10. The molecule has 0 radical (unpaired) electrons. The lowest BCUT2D eigenvalue weighted by molar-refractivity contribution is 0.323. The fourth-order valence-electron chi connectivity index (χ4n) is 2.32. The van der Waals surface area contributed by atoms with Crippen molar-refractivity contribution < 1.29 is 0 Å². The standard InChI is InChI=1S/C15H33N/c1-6-9-14(5)15(16-12-7-2)11-8-10-13(3)4/h13-16H,6-12H2,1-5H3. The fourth-order valence-corrected chi connectivity index (χ4v) is 2.32. The van der Waals surface area contributed by atoms with Gasteiger partial charge in [-0.3, -0.25) is 0 Å². The molecule has 0 aromatic rings. The third-order valence-electron chi connectivity index (χ3n) is 3.38. The molecule has 0 fully saturated rings. The lowest BCUT2D eigenvalue weighted by Gasteiger charge is -2.25. The molecular weight excluding hydrogens is 194 g/mol. The Morgan fingerprint density at radius 2 is 1.56 bits per heavy atom. The smallest absolute Gasteiger partial charge is 0.00926 e. The van der Waals surface area contributed by atoms with Crippen molar-refractivity contribution in [2.75, 3.05) is 6.54 Å². The highest BCUT2D eigenvalue weighted by atomic mass is 14.9. The van der Waals surface area contributed by atoms with Gasteiger partial charge in [-0.25, -0.2) is 0 Å². The molecule has 2 atom stereocenters. The van der Waals surface area contributed by atoms with Gasteiger partial charge in [0.05, 0.1) is 0 Å². The minimum Gasteiger partial charge on any atom is -0.314 e. The van der Waals surface area contributed by atoms with Crippen molar-refractivity contribution in [2.45, 2.75) is 79.2 Å². The molecule has 0 saturated heterocycles. The van der Waals surface area contributed by atoms with E-state index >= 15 is 0 Å². The van der Waals surface area contributed by atoms with E-state index in [9.17, 15) is 0 Å². The lowest BCUT2D eigenvalue weighted by Crippen LogP contribution is -2.35. The Balaban J connectivity index is 3.88. The summed E-state index contributed by atoms with van der Waals surface area (Å²) < 4.78 is 0. The van der Waals surface area contributed by atoms with E-state index in [0.717, 1.165) is 17.9 Å². The molecular formula is C15H33N. The van der Waals surface area contributed by atoms with Crippen molar-refractivity contribution in [1.29, 1.82) is 0 Å². The average Bonchev–Trinajstić information content (AvgIpc) is 2.22. The van der Waals surface area contributed by atoms with Crippen LogP contribution in [0.2, 0.25) is 0 Å². The third-order valence-corrected chi connectivity index (χ3v) is 3.38. The van der Waals surface area contributed by atoms with Crippen molar-refractivity contribution in [3.8, 4) is 0 Å². The van der Waals surface area contributed by atoms with E-state index in [-0.39, 0.29) is 0 Å². The van der Waals surface area contributed by atoms with E-state index < -0.39 is 0 Å². The van der Waals surface area contributed by atoms with E-state index in [1.807, 2.05) is 0 Å². The van der Waals surface area contributed by atoms with Gasteiger partial charge in [0, 0.05) is 6.04 Å². The van der Waals surface area contributed by atoms with E-state index in [4.69, 9.17) is 0 Å². The van der Waals surface area contributed by atoms with Crippen LogP contribution in [0.1, 0.15) is 73.1 Å². The highest BCUT2D eigenvalue weighted by Crippen LogP contribution is 2.17. The van der Waals surface area contributed by atoms with Crippen LogP contribution in [0.4, 0.5) is 0 Å². The molecule has 2 unspecified atom stereocenters. The maximum Gasteiger partial charge on any atom is 0.00926 e. The Morgan fingerprint density at radius 3 is 2.06 bits per heavy atom. The van der Waals surface area contributed by atoms with Gasteiger partial charge in [0.2, 0.25) is 0 Å². The van der Waals surface area contributed by atoms with E-state index in [1.165, 1.54) is 45.1 Å². The summed E-state index contributed by atoms with van der Waals surface area (Å²) in [5.41, 5.74) is 0. The predicted octanol–water partition coefficient (Wildman–Crippen LogP) is 4.62. The SMILES string of the molecule is CCCNC(CCCC(C)C)C(C)CCC. The Kier molecular flexibility index (Phi) is 10.1. The van der Waals surface area contributed by atoms with Crippen LogP contribution in [0.5, 0.6) is 0 Å². The third kappa shape index (κ3) is 8.15. The van der Waals surface area contributed by atoms with Gasteiger partial charge < -0.3 is 5.32 Å². The first-order valence-corrected chi connectivity index (χ1v) is 7.35. The molecule has 98 valence electrons. The van der Waals surface area contributed by atoms with Crippen molar-refractivity contribution >= 4 is 0 Å². The Hall–Kier alpha value is -0.0400. The van der Waals surface area contributed by atoms with Gasteiger partial charge in [-0.1, -0.05) is 53.9 Å². The van der Waals surface area contributed by atoms with E-state index in [0.29, 0.717) is 0 Å².